The van der Waals surface area contributed by atoms with E-state index in [2.05, 4.69) is 143 Å². The third-order valence-electron chi connectivity index (χ3n) is 18.4. The quantitative estimate of drug-likeness (QED) is 0.00829. The number of carboxylic acids is 2. The molecule has 692 valence electrons. The van der Waals surface area contributed by atoms with E-state index in [-0.39, 0.29) is 54.1 Å². The molecule has 32 heteroatoms. The average molecular weight is 2370 g/mol. The Morgan fingerprint density at radius 2 is 0.889 bits per heavy atom. The molecule has 1 aliphatic carbocycles. The smallest absolute Gasteiger partial charge is 0.433 e. The van der Waals surface area contributed by atoms with Crippen molar-refractivity contribution in [3.05, 3.63) is 447 Å². The van der Waals surface area contributed by atoms with Crippen LogP contribution in [0.5, 0.6) is 5.75 Å². The Labute approximate surface area is 855 Å². The van der Waals surface area contributed by atoms with E-state index in [1.165, 1.54) is 35.4 Å². The summed E-state index contributed by atoms with van der Waals surface area (Å²) in [5.74, 6) is -0.464. The molecule has 2 N–H and O–H groups in total. The number of aromatic carboxylic acids is 1. The van der Waals surface area contributed by atoms with Gasteiger partial charge in [-0.1, -0.05) is 346 Å². The highest BCUT2D eigenvalue weighted by atomic mass is 79.9. The number of benzene rings is 12. The Bertz CT molecular complexity index is 6380. The SMILES string of the molecule is COc1ccc2c(CBr)cc(=O)oc2c1.N#Cc1ccc(CBr)cc1.O=C(Cc1ccc(CBr)cc1)OCC(=O)c1ccccc1.O=C(O)Cc1ccc(CBr)cc1.O=C(O)c1ccc(CBr)cc1.O=C(c1ccccc1)c1ccc(CBr)cc1.O=C1c2ccccc2C(=O)c2cc(CBr)ccc21.O=C=Nc1ccc(CCl)cc1.O=C=Nc1ccccc1CCl.O=[N+]([O-])c1ccc(CBr)o1. The van der Waals surface area contributed by atoms with Gasteiger partial charge in [-0.15, -0.1) is 23.2 Å². The lowest BCUT2D eigenvalue weighted by Gasteiger charge is -2.17. The molecule has 2 heterocycles. The van der Waals surface area contributed by atoms with Gasteiger partial charge in [-0.3, -0.25) is 38.9 Å². The van der Waals surface area contributed by atoms with Gasteiger partial charge in [-0.05, 0) is 134 Å². The number of fused-ring (bicyclic) bond motifs is 3. The molecule has 0 amide bonds. The van der Waals surface area contributed by atoms with E-state index in [1.807, 2.05) is 176 Å². The average Bonchev–Trinajstić information content (AvgIpc) is 1.12. The number of carbonyl (C=O) groups excluding carboxylic acids is 7. The molecule has 2 aromatic heterocycles. The van der Waals surface area contributed by atoms with E-state index in [1.54, 1.807) is 128 Å². The second-order valence-electron chi connectivity index (χ2n) is 27.6. The summed E-state index contributed by atoms with van der Waals surface area (Å²) in [4.78, 5) is 128. The summed E-state index contributed by atoms with van der Waals surface area (Å²) in [6, 6.07) is 93.8. The van der Waals surface area contributed by atoms with E-state index in [4.69, 9.17) is 57.0 Å². The van der Waals surface area contributed by atoms with Gasteiger partial charge >= 0.3 is 29.4 Å². The fourth-order valence-corrected chi connectivity index (χ4v) is 14.7. The lowest BCUT2D eigenvalue weighted by Crippen LogP contribution is -2.20. The van der Waals surface area contributed by atoms with Crippen LogP contribution in [0.3, 0.4) is 0 Å². The summed E-state index contributed by atoms with van der Waals surface area (Å²) < 4.78 is 19.9. The normalized spacial score (nSPS) is 10.1. The summed E-state index contributed by atoms with van der Waals surface area (Å²) in [7, 11) is 1.58. The summed E-state index contributed by atoms with van der Waals surface area (Å²) in [5.41, 5.74) is 17.7. The van der Waals surface area contributed by atoms with Crippen molar-refractivity contribution in [3.63, 3.8) is 0 Å². The topological polar surface area (TPSA) is 348 Å². The Morgan fingerprint density at radius 3 is 1.35 bits per heavy atom. The van der Waals surface area contributed by atoms with E-state index in [0.717, 1.165) is 93.2 Å². The van der Waals surface area contributed by atoms with Crippen LogP contribution < -0.4 is 10.4 Å². The van der Waals surface area contributed by atoms with Gasteiger partial charge in [-0.25, -0.2) is 19.2 Å². The number of aliphatic imine (C=N–C) groups is 2. The molecule has 1 aliphatic rings. The number of carboxylic acid groups (broad SMARTS) is 2. The third kappa shape index (κ3) is 39.1. The number of ketones is 4. The number of methoxy groups -OCH3 is 1. The predicted octanol–water partition coefficient (Wildman–Crippen LogP) is 27.2. The largest absolute Gasteiger partial charge is 0.497 e. The molecule has 15 rings (SSSR count). The first-order valence-corrected chi connectivity index (χ1v) is 50.0. The number of rotatable bonds is 24. The highest BCUT2D eigenvalue weighted by Crippen LogP contribution is 2.30. The number of esters is 1. The van der Waals surface area contributed by atoms with Crippen LogP contribution in [0.15, 0.2) is 333 Å². The number of isocyanates is 2. The standard InChI is InChI=1S/C17H15BrO3.C15H9BrO2.C14H11BrO.C11H9BrO3.C9H9BrO2.C8H6BrN.C8H7BrO2.2C8H6ClNO.C5H4BrNO3/c18-11-14-8-6-13(7-9-14)10-17(20)21-12-16(19)15-4-2-1-3-5-15;16-8-9-5-6-12-13(7-9)15(18)11-4-2-1-3-10(11)14(12)17;15-10-11-6-8-13(9-7-11)14(16)12-4-2-1-3-5-12;1-14-8-2-3-9-7(6-12)4-11(13)15-10(9)5-8;10-6-8-3-1-7(2-4-8)5-9(11)12;9-5-7-1-3-8(6-10)4-2-7;9-5-6-1-3-7(4-2-6)8(10)11;9-5-7-1-3-8(4-2-7)10-6-11;9-5-7-3-1-2-4-8(7)10-6-11;6-3-4-1-2-5(10-4)7(8)9/h1-9H,10-12H2;1-7H,8H2;1-9H,10H2;2-5H,6H2,1H3;1-4H,5-6H2,(H,11,12);1-4H,5H2;1-4H,5H2,(H,10,11);2*1-4H,5H2;1-2H,3H2. The predicted molar refractivity (Wildman–Crippen MR) is 553 cm³/mol. The molecule has 0 atom stereocenters. The molecule has 0 bridgehead atoms. The number of alkyl halides is 10. The maximum Gasteiger partial charge on any atom is 0.433 e. The van der Waals surface area contributed by atoms with Gasteiger partial charge in [-0.2, -0.15) is 15.2 Å². The number of Topliss-reactive ketones (excluding diaryl/α,β-unsaturated/α-hetero) is 1. The number of furan rings is 1. The van der Waals surface area contributed by atoms with Crippen LogP contribution in [0.4, 0.5) is 17.3 Å². The van der Waals surface area contributed by atoms with E-state index in [0.29, 0.717) is 95.2 Å². The molecule has 0 saturated heterocycles. The summed E-state index contributed by atoms with van der Waals surface area (Å²) in [6.45, 7) is -0.220. The van der Waals surface area contributed by atoms with Crippen LogP contribution in [-0.2, 0) is 91.2 Å². The molecule has 0 unspecified atom stereocenters. The zero-order valence-electron chi connectivity index (χ0n) is 71.6. The molecule has 0 radical (unpaired) electrons. The molecule has 22 nitrogen and oxygen atoms in total. The van der Waals surface area contributed by atoms with Crippen molar-refractivity contribution < 1.29 is 76.6 Å². The number of nitro groups is 1. The molecule has 0 aliphatic heterocycles. The number of halogens is 10. The summed E-state index contributed by atoms with van der Waals surface area (Å²) >= 11 is 37.6. The Hall–Kier alpha value is -11.9. The molecule has 0 saturated carbocycles. The van der Waals surface area contributed by atoms with Crippen molar-refractivity contribution in [1.82, 2.24) is 0 Å². The van der Waals surface area contributed by atoms with Gasteiger partial charge in [0.15, 0.2) is 29.7 Å². The highest BCUT2D eigenvalue weighted by molar-refractivity contribution is 9.09. The number of nitriles is 1. The monoisotopic (exact) mass is 2360 g/mol. The van der Waals surface area contributed by atoms with Gasteiger partial charge < -0.3 is 28.5 Å². The van der Waals surface area contributed by atoms with Crippen molar-refractivity contribution in [1.29, 1.82) is 5.26 Å². The van der Waals surface area contributed by atoms with Crippen LogP contribution >= 0.6 is 151 Å². The van der Waals surface area contributed by atoms with Gasteiger partial charge in [0.1, 0.15) is 22.0 Å². The number of aliphatic carboxylic acids is 1. The number of nitrogens with zero attached hydrogens (tertiary/aromatic N) is 4. The number of hydrogen-bond donors (Lipinski definition) is 2. The van der Waals surface area contributed by atoms with Crippen molar-refractivity contribution >= 4 is 232 Å². The highest BCUT2D eigenvalue weighted by Gasteiger charge is 2.29. The molecule has 135 heavy (non-hydrogen) atoms. The van der Waals surface area contributed by atoms with Gasteiger partial charge in [0.05, 0.1) is 59.9 Å². The molecule has 0 spiro atoms. The lowest BCUT2D eigenvalue weighted by molar-refractivity contribution is -0.402. The van der Waals surface area contributed by atoms with Crippen LogP contribution in [0, 0.1) is 21.4 Å². The maximum atomic E-state index is 12.4. The molecule has 12 aromatic carbocycles. The summed E-state index contributed by atoms with van der Waals surface area (Å²) in [5, 5.41) is 42.2. The van der Waals surface area contributed by atoms with Crippen molar-refractivity contribution in [3.8, 4) is 11.8 Å². The number of para-hydroxylation sites is 1. The van der Waals surface area contributed by atoms with Crippen molar-refractivity contribution in [2.24, 2.45) is 9.98 Å². The number of hydrogen-bond acceptors (Lipinski definition) is 19. The number of carbonyl (C=O) groups is 7. The second kappa shape index (κ2) is 62.6. The Morgan fingerprint density at radius 1 is 0.437 bits per heavy atom. The maximum absolute atomic E-state index is 12.4. The van der Waals surface area contributed by atoms with Crippen molar-refractivity contribution in [2.45, 2.75) is 67.2 Å². The fourth-order valence-electron chi connectivity index (χ4n) is 11.4. The fraction of sp³-hybridized carbons (Fsp3) is 0.136. The Balaban J connectivity index is 0.000000233. The lowest BCUT2D eigenvalue weighted by atomic mass is 9.83. The van der Waals surface area contributed by atoms with Gasteiger partial charge in [0.25, 0.3) is 0 Å². The van der Waals surface area contributed by atoms with Gasteiger partial charge in [0, 0.05) is 106 Å². The first kappa shape index (κ1) is 112. The minimum Gasteiger partial charge on any atom is -0.497 e. The Kier molecular flexibility index (Phi) is 51.9. The van der Waals surface area contributed by atoms with Crippen LogP contribution in [0.25, 0.3) is 11.0 Å². The zero-order chi connectivity index (χ0) is 98.4. The van der Waals surface area contributed by atoms with E-state index in [9.17, 15) is 58.1 Å². The summed E-state index contributed by atoms with van der Waals surface area (Å²) in [6.07, 6.45) is 3.21. The third-order valence-corrected chi connectivity index (χ3v) is 24.0. The van der Waals surface area contributed by atoms with Crippen molar-refractivity contribution in [2.75, 3.05) is 13.7 Å². The first-order chi connectivity index (χ1) is 65.3. The minimum atomic E-state index is -0.883. The second-order valence-corrected chi connectivity index (χ2v) is 32.6. The van der Waals surface area contributed by atoms with Gasteiger partial charge in [0.2, 0.25) is 12.2 Å². The number of ether oxygens (including phenoxy) is 2. The first-order valence-electron chi connectivity index (χ1n) is 40.0. The molecular weight excluding hydrogens is 2290 g/mol. The minimum absolute atomic E-state index is 0.0667. The van der Waals surface area contributed by atoms with Crippen LogP contribution in [0.2, 0.25) is 0 Å². The molecular formula is C103H82Br8Cl2N4O18. The van der Waals surface area contributed by atoms with E-state index >= 15 is 0 Å². The van der Waals surface area contributed by atoms with Crippen LogP contribution in [-0.4, -0.2) is 82.1 Å². The molecule has 0 fully saturated rings. The zero-order valence-corrected chi connectivity index (χ0v) is 85.8. The van der Waals surface area contributed by atoms with E-state index < -0.39 is 22.8 Å². The molecule has 14 aromatic rings. The van der Waals surface area contributed by atoms with Crippen LogP contribution in [0.1, 0.15) is 141 Å².